The van der Waals surface area contributed by atoms with E-state index in [1.165, 1.54) is 0 Å². The van der Waals surface area contributed by atoms with E-state index in [1.807, 2.05) is 0 Å². The molecule has 0 aliphatic carbocycles. The standard InChI is InChI=1S/C9H12ClFN2O2/c1-4-9(2,3)13-7(14)5(11)6(10)12-8(13)15/h4H2,1-3H3,(H,12,15). The smallest absolute Gasteiger partial charge is 0.295 e. The molecule has 6 heteroatoms. The predicted molar refractivity (Wildman–Crippen MR) is 55.9 cm³/mol. The molecular weight excluding hydrogens is 223 g/mol. The van der Waals surface area contributed by atoms with Crippen LogP contribution in [0.5, 0.6) is 0 Å². The highest BCUT2D eigenvalue weighted by atomic mass is 35.5. The third kappa shape index (κ3) is 1.97. The monoisotopic (exact) mass is 234 g/mol. The molecule has 4 nitrogen and oxygen atoms in total. The van der Waals surface area contributed by atoms with Gasteiger partial charge in [-0.3, -0.25) is 14.3 Å². The second kappa shape index (κ2) is 3.81. The summed E-state index contributed by atoms with van der Waals surface area (Å²) in [5.41, 5.74) is -2.43. The van der Waals surface area contributed by atoms with E-state index < -0.39 is 27.8 Å². The highest BCUT2D eigenvalue weighted by molar-refractivity contribution is 6.29. The second-order valence-corrected chi connectivity index (χ2v) is 4.24. The molecule has 0 aliphatic heterocycles. The molecular formula is C9H12ClFN2O2. The molecule has 1 aromatic heterocycles. The summed E-state index contributed by atoms with van der Waals surface area (Å²) in [5, 5.41) is -0.548. The zero-order chi connectivity index (χ0) is 11.8. The Labute approximate surface area is 90.7 Å². The lowest BCUT2D eigenvalue weighted by Crippen LogP contribution is -2.47. The van der Waals surface area contributed by atoms with Crippen LogP contribution < -0.4 is 11.2 Å². The molecule has 0 amide bonds. The lowest BCUT2D eigenvalue weighted by molar-refractivity contribution is 0.309. The molecule has 84 valence electrons. The summed E-state index contributed by atoms with van der Waals surface area (Å²) in [4.78, 5) is 25.1. The van der Waals surface area contributed by atoms with Crippen LogP contribution in [0, 0.1) is 5.82 Å². The van der Waals surface area contributed by atoms with E-state index in [9.17, 15) is 14.0 Å². The second-order valence-electron chi connectivity index (χ2n) is 3.86. The zero-order valence-electron chi connectivity index (χ0n) is 8.73. The number of hydrogen-bond acceptors (Lipinski definition) is 2. The first-order chi connectivity index (χ1) is 6.81. The van der Waals surface area contributed by atoms with E-state index in [4.69, 9.17) is 11.6 Å². The summed E-state index contributed by atoms with van der Waals surface area (Å²) in [5.74, 6) is -1.13. The number of rotatable bonds is 2. The minimum absolute atomic E-state index is 0.525. The fraction of sp³-hybridized carbons (Fsp3) is 0.556. The summed E-state index contributed by atoms with van der Waals surface area (Å²) in [6.07, 6.45) is 0.525. The van der Waals surface area contributed by atoms with Crippen molar-refractivity contribution in [2.45, 2.75) is 32.7 Å². The van der Waals surface area contributed by atoms with Crippen LogP contribution in [-0.4, -0.2) is 9.55 Å². The lowest BCUT2D eigenvalue weighted by atomic mass is 10.0. The van der Waals surface area contributed by atoms with Gasteiger partial charge in [0.05, 0.1) is 0 Å². The Bertz CT molecular complexity index is 490. The van der Waals surface area contributed by atoms with Gasteiger partial charge in [-0.2, -0.15) is 4.39 Å². The van der Waals surface area contributed by atoms with Crippen molar-refractivity contribution in [1.82, 2.24) is 9.55 Å². The molecule has 1 N–H and O–H groups in total. The van der Waals surface area contributed by atoms with Crippen LogP contribution in [-0.2, 0) is 5.54 Å². The van der Waals surface area contributed by atoms with E-state index in [0.29, 0.717) is 6.42 Å². The largest absolute Gasteiger partial charge is 0.330 e. The van der Waals surface area contributed by atoms with Crippen LogP contribution in [0.1, 0.15) is 27.2 Å². The van der Waals surface area contributed by atoms with Crippen LogP contribution in [0.3, 0.4) is 0 Å². The number of nitrogens with zero attached hydrogens (tertiary/aromatic N) is 1. The number of H-pyrrole nitrogens is 1. The molecule has 1 aromatic rings. The van der Waals surface area contributed by atoms with Gasteiger partial charge >= 0.3 is 5.69 Å². The first kappa shape index (κ1) is 12.0. The van der Waals surface area contributed by atoms with Gasteiger partial charge in [0.25, 0.3) is 5.56 Å². The molecule has 0 radical (unpaired) electrons. The van der Waals surface area contributed by atoms with Gasteiger partial charge in [-0.15, -0.1) is 0 Å². The summed E-state index contributed by atoms with van der Waals surface area (Å²) < 4.78 is 14.0. The zero-order valence-corrected chi connectivity index (χ0v) is 9.48. The van der Waals surface area contributed by atoms with Crippen molar-refractivity contribution in [3.05, 3.63) is 31.8 Å². The third-order valence-corrected chi connectivity index (χ3v) is 2.73. The molecule has 0 aliphatic rings. The molecule has 1 rings (SSSR count). The molecule has 1 heterocycles. The highest BCUT2D eigenvalue weighted by Crippen LogP contribution is 2.15. The molecule has 0 aromatic carbocycles. The van der Waals surface area contributed by atoms with Crippen LogP contribution >= 0.6 is 11.6 Å². The van der Waals surface area contributed by atoms with Crippen LogP contribution in [0.2, 0.25) is 5.15 Å². The first-order valence-corrected chi connectivity index (χ1v) is 4.90. The van der Waals surface area contributed by atoms with Gasteiger partial charge in [0.1, 0.15) is 0 Å². The Morgan fingerprint density at radius 2 is 2.00 bits per heavy atom. The predicted octanol–water partition coefficient (Wildman–Crippen LogP) is 1.47. The summed E-state index contributed by atoms with van der Waals surface area (Å²) >= 11 is 5.34. The van der Waals surface area contributed by atoms with Gasteiger partial charge in [0, 0.05) is 5.54 Å². The Hall–Kier alpha value is -1.10. The highest BCUT2D eigenvalue weighted by Gasteiger charge is 2.24. The van der Waals surface area contributed by atoms with Crippen molar-refractivity contribution >= 4 is 11.6 Å². The van der Waals surface area contributed by atoms with Crippen molar-refractivity contribution in [3.8, 4) is 0 Å². The van der Waals surface area contributed by atoms with Crippen LogP contribution in [0.15, 0.2) is 9.59 Å². The number of halogens is 2. The minimum Gasteiger partial charge on any atom is -0.295 e. The topological polar surface area (TPSA) is 54.9 Å². The van der Waals surface area contributed by atoms with Crippen LogP contribution in [0.25, 0.3) is 0 Å². The Morgan fingerprint density at radius 3 is 2.47 bits per heavy atom. The lowest BCUT2D eigenvalue weighted by Gasteiger charge is -2.24. The maximum Gasteiger partial charge on any atom is 0.330 e. The van der Waals surface area contributed by atoms with E-state index >= 15 is 0 Å². The van der Waals surface area contributed by atoms with Crippen molar-refractivity contribution < 1.29 is 4.39 Å². The number of aromatic amines is 1. The van der Waals surface area contributed by atoms with Crippen molar-refractivity contribution in [1.29, 1.82) is 0 Å². The first-order valence-electron chi connectivity index (χ1n) is 4.52. The van der Waals surface area contributed by atoms with E-state index in [0.717, 1.165) is 4.57 Å². The van der Waals surface area contributed by atoms with Gasteiger partial charge in [-0.25, -0.2) is 4.79 Å². The molecule has 0 spiro atoms. The Kier molecular flexibility index (Phi) is 3.04. The van der Waals surface area contributed by atoms with Gasteiger partial charge in [-0.1, -0.05) is 18.5 Å². The quantitative estimate of drug-likeness (QED) is 0.788. The Balaban J connectivity index is 3.65. The summed E-state index contributed by atoms with van der Waals surface area (Å²) in [6.45, 7) is 5.16. The van der Waals surface area contributed by atoms with Crippen LogP contribution in [0.4, 0.5) is 4.39 Å². The van der Waals surface area contributed by atoms with Crippen molar-refractivity contribution in [2.24, 2.45) is 0 Å². The van der Waals surface area contributed by atoms with E-state index in [1.54, 1.807) is 20.8 Å². The molecule has 15 heavy (non-hydrogen) atoms. The van der Waals surface area contributed by atoms with Gasteiger partial charge < -0.3 is 0 Å². The molecule has 0 bridgehead atoms. The maximum absolute atomic E-state index is 13.2. The minimum atomic E-state index is -1.13. The normalized spacial score (nSPS) is 11.8. The van der Waals surface area contributed by atoms with Gasteiger partial charge in [-0.05, 0) is 20.3 Å². The van der Waals surface area contributed by atoms with Gasteiger partial charge in [0.2, 0.25) is 5.82 Å². The van der Waals surface area contributed by atoms with E-state index in [2.05, 4.69) is 4.98 Å². The number of nitrogens with one attached hydrogen (secondary N) is 1. The van der Waals surface area contributed by atoms with Crippen molar-refractivity contribution in [2.75, 3.05) is 0 Å². The van der Waals surface area contributed by atoms with Crippen molar-refractivity contribution in [3.63, 3.8) is 0 Å². The fourth-order valence-electron chi connectivity index (χ4n) is 1.20. The Morgan fingerprint density at radius 1 is 1.47 bits per heavy atom. The third-order valence-electron chi connectivity index (χ3n) is 2.47. The number of aromatic nitrogens is 2. The molecule has 0 unspecified atom stereocenters. The molecule has 0 atom stereocenters. The molecule has 0 saturated heterocycles. The average molecular weight is 235 g/mol. The SMILES string of the molecule is CCC(C)(C)n1c(=O)[nH]c(Cl)c(F)c1=O. The maximum atomic E-state index is 13.2. The summed E-state index contributed by atoms with van der Waals surface area (Å²) in [7, 11) is 0. The summed E-state index contributed by atoms with van der Waals surface area (Å²) in [6, 6.07) is 0. The fourth-order valence-corrected chi connectivity index (χ4v) is 1.36. The van der Waals surface area contributed by atoms with Gasteiger partial charge in [0.15, 0.2) is 5.15 Å². The van der Waals surface area contributed by atoms with E-state index in [-0.39, 0.29) is 0 Å². The number of hydrogen-bond donors (Lipinski definition) is 1. The molecule has 0 fully saturated rings. The average Bonchev–Trinajstić information content (AvgIpc) is 2.14. The molecule has 0 saturated carbocycles.